The molecule has 0 amide bonds. The zero-order valence-corrected chi connectivity index (χ0v) is 8.53. The second kappa shape index (κ2) is 4.38. The molecule has 0 bridgehead atoms. The van der Waals surface area contributed by atoms with Crippen LogP contribution in [0, 0.1) is 0 Å². The fourth-order valence-electron chi connectivity index (χ4n) is 1.98. The van der Waals surface area contributed by atoms with Gasteiger partial charge in [-0.2, -0.15) is 0 Å². The van der Waals surface area contributed by atoms with Gasteiger partial charge in [-0.3, -0.25) is 0 Å². The molecule has 4 heteroatoms. The fraction of sp³-hybridized carbons (Fsp3) is 0.545. The maximum absolute atomic E-state index is 10.6. The predicted octanol–water partition coefficient (Wildman–Crippen LogP) is 2.72. The van der Waals surface area contributed by atoms with Gasteiger partial charge in [0.1, 0.15) is 0 Å². The lowest BCUT2D eigenvalue weighted by molar-refractivity contribution is 0.0663. The third-order valence-corrected chi connectivity index (χ3v) is 2.77. The average Bonchev–Trinajstić information content (AvgIpc) is 2.68. The van der Waals surface area contributed by atoms with Crippen molar-refractivity contribution in [1.82, 2.24) is 0 Å². The van der Waals surface area contributed by atoms with Crippen molar-refractivity contribution in [3.63, 3.8) is 0 Å². The molecule has 0 aliphatic heterocycles. The molecule has 2 rings (SSSR count). The van der Waals surface area contributed by atoms with E-state index in [2.05, 4.69) is 5.32 Å². The molecule has 0 atom stereocenters. The summed E-state index contributed by atoms with van der Waals surface area (Å²) in [6.07, 6.45) is 6.07. The Morgan fingerprint density at radius 1 is 1.33 bits per heavy atom. The van der Waals surface area contributed by atoms with Crippen molar-refractivity contribution in [3.05, 3.63) is 17.9 Å². The number of aromatic carboxylic acids is 1. The van der Waals surface area contributed by atoms with Gasteiger partial charge in [0.15, 0.2) is 5.88 Å². The van der Waals surface area contributed by atoms with Crippen LogP contribution in [0.3, 0.4) is 0 Å². The first kappa shape index (κ1) is 10.1. The highest BCUT2D eigenvalue weighted by Crippen LogP contribution is 2.22. The van der Waals surface area contributed by atoms with Gasteiger partial charge >= 0.3 is 5.97 Å². The van der Waals surface area contributed by atoms with Crippen molar-refractivity contribution in [1.29, 1.82) is 0 Å². The molecule has 0 aromatic carbocycles. The van der Waals surface area contributed by atoms with Gasteiger partial charge in [-0.25, -0.2) is 4.79 Å². The minimum absolute atomic E-state index is 0.00619. The molecule has 1 aromatic rings. The average molecular weight is 209 g/mol. The Morgan fingerprint density at radius 2 is 2.07 bits per heavy atom. The first-order valence-electron chi connectivity index (χ1n) is 5.35. The van der Waals surface area contributed by atoms with Gasteiger partial charge in [-0.1, -0.05) is 19.3 Å². The summed E-state index contributed by atoms with van der Waals surface area (Å²) >= 11 is 0. The number of carboxylic acid groups (broad SMARTS) is 1. The van der Waals surface area contributed by atoms with E-state index in [4.69, 9.17) is 9.52 Å². The molecule has 2 N–H and O–H groups in total. The van der Waals surface area contributed by atoms with Crippen LogP contribution in [0.2, 0.25) is 0 Å². The SMILES string of the molecule is O=C(O)c1ccc(NC2CCCCC2)o1. The summed E-state index contributed by atoms with van der Waals surface area (Å²) in [5, 5.41) is 11.9. The summed E-state index contributed by atoms with van der Waals surface area (Å²) in [7, 11) is 0. The van der Waals surface area contributed by atoms with E-state index >= 15 is 0 Å². The van der Waals surface area contributed by atoms with E-state index in [1.54, 1.807) is 6.07 Å². The lowest BCUT2D eigenvalue weighted by atomic mass is 9.96. The second-order valence-corrected chi connectivity index (χ2v) is 3.95. The van der Waals surface area contributed by atoms with Crippen LogP contribution in [0.5, 0.6) is 0 Å². The summed E-state index contributed by atoms with van der Waals surface area (Å²) in [5.41, 5.74) is 0. The molecule has 1 heterocycles. The third-order valence-electron chi connectivity index (χ3n) is 2.77. The van der Waals surface area contributed by atoms with Crippen LogP contribution in [-0.4, -0.2) is 17.1 Å². The second-order valence-electron chi connectivity index (χ2n) is 3.95. The van der Waals surface area contributed by atoms with Crippen LogP contribution in [-0.2, 0) is 0 Å². The smallest absolute Gasteiger partial charge is 0.371 e. The summed E-state index contributed by atoms with van der Waals surface area (Å²) in [5.74, 6) is -0.459. The number of anilines is 1. The van der Waals surface area contributed by atoms with Crippen LogP contribution in [0.25, 0.3) is 0 Å². The molecule has 4 nitrogen and oxygen atoms in total. The predicted molar refractivity (Wildman–Crippen MR) is 56.2 cm³/mol. The highest BCUT2D eigenvalue weighted by molar-refractivity contribution is 5.84. The first-order valence-corrected chi connectivity index (χ1v) is 5.35. The quantitative estimate of drug-likeness (QED) is 0.803. The van der Waals surface area contributed by atoms with Crippen LogP contribution in [0.4, 0.5) is 5.88 Å². The molecule has 1 aliphatic carbocycles. The third kappa shape index (κ3) is 2.52. The van der Waals surface area contributed by atoms with Gasteiger partial charge in [-0.05, 0) is 18.9 Å². The van der Waals surface area contributed by atoms with Crippen molar-refractivity contribution in [2.75, 3.05) is 5.32 Å². The summed E-state index contributed by atoms with van der Waals surface area (Å²) in [6, 6.07) is 3.59. The Kier molecular flexibility index (Phi) is 2.94. The number of hydrogen-bond acceptors (Lipinski definition) is 3. The highest BCUT2D eigenvalue weighted by atomic mass is 16.4. The number of carboxylic acids is 1. The zero-order valence-electron chi connectivity index (χ0n) is 8.53. The van der Waals surface area contributed by atoms with E-state index in [0.29, 0.717) is 11.9 Å². The summed E-state index contributed by atoms with van der Waals surface area (Å²) in [6.45, 7) is 0. The lowest BCUT2D eigenvalue weighted by Gasteiger charge is -2.22. The molecule has 0 saturated heterocycles. The van der Waals surface area contributed by atoms with Gasteiger partial charge in [-0.15, -0.1) is 0 Å². The molecule has 1 aliphatic rings. The van der Waals surface area contributed by atoms with Gasteiger partial charge in [0.25, 0.3) is 0 Å². The van der Waals surface area contributed by atoms with Crippen LogP contribution >= 0.6 is 0 Å². The molecule has 0 radical (unpaired) electrons. The minimum Gasteiger partial charge on any atom is -0.475 e. The topological polar surface area (TPSA) is 62.5 Å². The van der Waals surface area contributed by atoms with Crippen molar-refractivity contribution in [2.45, 2.75) is 38.1 Å². The Morgan fingerprint density at radius 3 is 2.67 bits per heavy atom. The van der Waals surface area contributed by atoms with E-state index in [0.717, 1.165) is 12.8 Å². The number of nitrogens with one attached hydrogen (secondary N) is 1. The number of hydrogen-bond donors (Lipinski definition) is 2. The highest BCUT2D eigenvalue weighted by Gasteiger charge is 2.15. The van der Waals surface area contributed by atoms with E-state index in [-0.39, 0.29) is 5.76 Å². The number of rotatable bonds is 3. The monoisotopic (exact) mass is 209 g/mol. The Labute approximate surface area is 88.3 Å². The van der Waals surface area contributed by atoms with Crippen molar-refractivity contribution >= 4 is 11.9 Å². The van der Waals surface area contributed by atoms with E-state index < -0.39 is 5.97 Å². The van der Waals surface area contributed by atoms with Crippen LogP contribution in [0.1, 0.15) is 42.7 Å². The molecular weight excluding hydrogens is 194 g/mol. The van der Waals surface area contributed by atoms with Gasteiger partial charge in [0.05, 0.1) is 0 Å². The molecule has 0 spiro atoms. The Bertz CT molecular complexity index is 339. The van der Waals surface area contributed by atoms with Crippen molar-refractivity contribution < 1.29 is 14.3 Å². The first-order chi connectivity index (χ1) is 7.25. The Hall–Kier alpha value is -1.45. The molecule has 1 fully saturated rings. The van der Waals surface area contributed by atoms with E-state index in [9.17, 15) is 4.79 Å². The van der Waals surface area contributed by atoms with Crippen molar-refractivity contribution in [3.8, 4) is 0 Å². The maximum atomic E-state index is 10.6. The maximum Gasteiger partial charge on any atom is 0.371 e. The van der Waals surface area contributed by atoms with E-state index in [1.807, 2.05) is 0 Å². The van der Waals surface area contributed by atoms with Gasteiger partial charge in [0.2, 0.25) is 5.76 Å². The summed E-state index contributed by atoms with van der Waals surface area (Å²) < 4.78 is 5.14. The minimum atomic E-state index is -1.02. The Balaban J connectivity index is 1.94. The molecule has 1 aromatic heterocycles. The standard InChI is InChI=1S/C11H15NO3/c13-11(14)9-6-7-10(15-9)12-8-4-2-1-3-5-8/h6-8,12H,1-5H2,(H,13,14). The normalized spacial score (nSPS) is 17.6. The largest absolute Gasteiger partial charge is 0.475 e. The molecule has 0 unspecified atom stereocenters. The van der Waals surface area contributed by atoms with Crippen LogP contribution < -0.4 is 5.32 Å². The number of carbonyl (C=O) groups is 1. The summed E-state index contributed by atoms with van der Waals surface area (Å²) in [4.78, 5) is 10.6. The fourth-order valence-corrected chi connectivity index (χ4v) is 1.98. The lowest BCUT2D eigenvalue weighted by Crippen LogP contribution is -2.21. The molecule has 82 valence electrons. The zero-order chi connectivity index (χ0) is 10.7. The van der Waals surface area contributed by atoms with Crippen LogP contribution in [0.15, 0.2) is 16.5 Å². The van der Waals surface area contributed by atoms with Gasteiger partial charge < -0.3 is 14.8 Å². The molecule has 15 heavy (non-hydrogen) atoms. The molecular formula is C11H15NO3. The van der Waals surface area contributed by atoms with Gasteiger partial charge in [0, 0.05) is 12.1 Å². The van der Waals surface area contributed by atoms with Crippen molar-refractivity contribution in [2.24, 2.45) is 0 Å². The van der Waals surface area contributed by atoms with E-state index in [1.165, 1.54) is 25.3 Å². The molecule has 1 saturated carbocycles. The number of furan rings is 1.